The monoisotopic (exact) mass is 450 g/mol. The maximum absolute atomic E-state index is 14.1. The Morgan fingerprint density at radius 3 is 2.45 bits per heavy atom. The number of hydrogen-bond acceptors (Lipinski definition) is 5. The third-order valence-corrected chi connectivity index (χ3v) is 6.17. The second-order valence-corrected chi connectivity index (χ2v) is 8.25. The molecule has 0 bridgehead atoms. The van der Waals surface area contributed by atoms with Crippen molar-refractivity contribution in [2.45, 2.75) is 25.8 Å². The van der Waals surface area contributed by atoms with Crippen molar-refractivity contribution in [2.24, 2.45) is 0 Å². The molecule has 0 spiro atoms. The number of aromatic nitrogens is 3. The Kier molecular flexibility index (Phi) is 5.46. The first-order valence-corrected chi connectivity index (χ1v) is 10.9. The molecule has 4 aromatic rings. The number of fused-ring (bicyclic) bond motifs is 1. The fourth-order valence-electron chi connectivity index (χ4n) is 4.59. The van der Waals surface area contributed by atoms with Crippen molar-refractivity contribution >= 4 is 11.5 Å². The van der Waals surface area contributed by atoms with Crippen molar-refractivity contribution in [2.75, 3.05) is 25.2 Å². The van der Waals surface area contributed by atoms with E-state index in [4.69, 9.17) is 9.72 Å². The molecule has 33 heavy (non-hydrogen) atoms. The van der Waals surface area contributed by atoms with Crippen molar-refractivity contribution in [1.82, 2.24) is 14.6 Å². The molecule has 1 N–H and O–H groups in total. The quantitative estimate of drug-likeness (QED) is 0.481. The summed E-state index contributed by atoms with van der Waals surface area (Å²) in [5.41, 5.74) is 3.95. The van der Waals surface area contributed by atoms with Crippen molar-refractivity contribution in [3.8, 4) is 28.1 Å². The molecule has 3 heterocycles. The summed E-state index contributed by atoms with van der Waals surface area (Å²) in [5, 5.41) is 14.5. The van der Waals surface area contributed by atoms with Gasteiger partial charge in [0.05, 0.1) is 31.1 Å². The number of aliphatic hydroxyl groups is 1. The number of rotatable bonds is 5. The van der Waals surface area contributed by atoms with Crippen LogP contribution in [0.5, 0.6) is 5.75 Å². The van der Waals surface area contributed by atoms with Crippen LogP contribution in [0.3, 0.4) is 0 Å². The molecule has 2 aromatic heterocycles. The Hall–Kier alpha value is -3.52. The number of nitrogens with zero attached hydrogens (tertiary/aromatic N) is 4. The molecule has 0 aliphatic carbocycles. The highest BCUT2D eigenvalue weighted by molar-refractivity contribution is 5.83. The van der Waals surface area contributed by atoms with Gasteiger partial charge in [-0.25, -0.2) is 18.3 Å². The van der Waals surface area contributed by atoms with Gasteiger partial charge in [-0.2, -0.15) is 5.10 Å². The van der Waals surface area contributed by atoms with E-state index < -0.39 is 11.6 Å². The molecule has 1 unspecified atom stereocenters. The van der Waals surface area contributed by atoms with Gasteiger partial charge in [-0.3, -0.25) is 0 Å². The molecule has 0 saturated carbocycles. The highest BCUT2D eigenvalue weighted by Gasteiger charge is 2.27. The molecule has 1 fully saturated rings. The molecule has 2 aromatic carbocycles. The molecule has 1 aliphatic heterocycles. The van der Waals surface area contributed by atoms with E-state index in [0.29, 0.717) is 22.7 Å². The van der Waals surface area contributed by atoms with Crippen molar-refractivity contribution < 1.29 is 18.6 Å². The van der Waals surface area contributed by atoms with E-state index in [9.17, 15) is 13.9 Å². The summed E-state index contributed by atoms with van der Waals surface area (Å²) in [6.07, 6.45) is 1.79. The van der Waals surface area contributed by atoms with E-state index in [1.54, 1.807) is 17.7 Å². The molecule has 5 rings (SSSR count). The minimum absolute atomic E-state index is 0.0143. The van der Waals surface area contributed by atoms with E-state index in [-0.39, 0.29) is 12.6 Å². The average Bonchev–Trinajstić information content (AvgIpc) is 3.41. The van der Waals surface area contributed by atoms with Crippen LogP contribution >= 0.6 is 0 Å². The lowest BCUT2D eigenvalue weighted by Gasteiger charge is -2.25. The van der Waals surface area contributed by atoms with Crippen LogP contribution in [0.25, 0.3) is 28.0 Å². The number of hydrogen-bond donors (Lipinski definition) is 1. The average molecular weight is 450 g/mol. The molecule has 1 saturated heterocycles. The van der Waals surface area contributed by atoms with Crippen LogP contribution in [-0.2, 0) is 0 Å². The summed E-state index contributed by atoms with van der Waals surface area (Å²) in [6.45, 7) is 2.65. The molecule has 1 aliphatic rings. The van der Waals surface area contributed by atoms with Gasteiger partial charge in [0, 0.05) is 29.8 Å². The molecular weight excluding hydrogens is 426 g/mol. The van der Waals surface area contributed by atoms with Crippen LogP contribution in [0.15, 0.2) is 48.5 Å². The number of aryl methyl sites for hydroxylation is 1. The summed E-state index contributed by atoms with van der Waals surface area (Å²) in [5.74, 6) is 0.0593. The number of benzene rings is 2. The minimum atomic E-state index is -0.662. The van der Waals surface area contributed by atoms with Crippen molar-refractivity contribution in [3.05, 3.63) is 65.9 Å². The fraction of sp³-hybridized carbons (Fsp3) is 0.280. The zero-order valence-electron chi connectivity index (χ0n) is 18.4. The third kappa shape index (κ3) is 3.80. The van der Waals surface area contributed by atoms with Crippen LogP contribution in [0.2, 0.25) is 0 Å². The van der Waals surface area contributed by atoms with Crippen LogP contribution in [-0.4, -0.2) is 46.0 Å². The normalized spacial score (nSPS) is 16.0. The highest BCUT2D eigenvalue weighted by Crippen LogP contribution is 2.35. The zero-order chi connectivity index (χ0) is 23.1. The first-order valence-electron chi connectivity index (χ1n) is 10.9. The highest BCUT2D eigenvalue weighted by atomic mass is 19.1. The molecule has 0 amide bonds. The maximum Gasteiger partial charge on any atom is 0.166 e. The lowest BCUT2D eigenvalue weighted by atomic mass is 10.1. The predicted molar refractivity (Wildman–Crippen MR) is 123 cm³/mol. The van der Waals surface area contributed by atoms with E-state index in [1.165, 1.54) is 12.1 Å². The number of anilines is 1. The fourth-order valence-corrected chi connectivity index (χ4v) is 4.59. The Labute approximate surface area is 190 Å². The van der Waals surface area contributed by atoms with Gasteiger partial charge in [-0.1, -0.05) is 12.1 Å². The second kappa shape index (κ2) is 8.44. The topological polar surface area (TPSA) is 62.9 Å². The maximum atomic E-state index is 14.1. The summed E-state index contributed by atoms with van der Waals surface area (Å²) >= 11 is 0. The van der Waals surface area contributed by atoms with E-state index in [2.05, 4.69) is 10.00 Å². The van der Waals surface area contributed by atoms with Gasteiger partial charge < -0.3 is 14.7 Å². The Balaban J connectivity index is 1.78. The van der Waals surface area contributed by atoms with Gasteiger partial charge in [-0.15, -0.1) is 0 Å². The van der Waals surface area contributed by atoms with E-state index in [0.717, 1.165) is 48.0 Å². The predicted octanol–water partition coefficient (Wildman–Crippen LogP) is 4.62. The minimum Gasteiger partial charge on any atom is -0.497 e. The molecule has 6 nitrogen and oxygen atoms in total. The van der Waals surface area contributed by atoms with Crippen LogP contribution in [0.1, 0.15) is 18.5 Å². The smallest absolute Gasteiger partial charge is 0.166 e. The lowest BCUT2D eigenvalue weighted by Crippen LogP contribution is -2.32. The summed E-state index contributed by atoms with van der Waals surface area (Å²) in [7, 11) is 1.61. The first-order chi connectivity index (χ1) is 16.0. The van der Waals surface area contributed by atoms with Gasteiger partial charge in [0.25, 0.3) is 0 Å². The van der Waals surface area contributed by atoms with E-state index >= 15 is 0 Å². The molecule has 8 heteroatoms. The number of aliphatic hydroxyl groups excluding tert-OH is 1. The van der Waals surface area contributed by atoms with Crippen LogP contribution < -0.4 is 9.64 Å². The van der Waals surface area contributed by atoms with Gasteiger partial charge in [0.1, 0.15) is 23.2 Å². The zero-order valence-corrected chi connectivity index (χ0v) is 18.4. The molecule has 1 atom stereocenters. The molecule has 170 valence electrons. The molecular formula is C25H24F2N4O2. The third-order valence-electron chi connectivity index (χ3n) is 6.17. The number of halogens is 2. The van der Waals surface area contributed by atoms with Crippen molar-refractivity contribution in [1.29, 1.82) is 0 Å². The summed E-state index contributed by atoms with van der Waals surface area (Å²) in [4.78, 5) is 6.98. The Morgan fingerprint density at radius 1 is 1.06 bits per heavy atom. The van der Waals surface area contributed by atoms with Crippen molar-refractivity contribution in [3.63, 3.8) is 0 Å². The second-order valence-electron chi connectivity index (χ2n) is 8.25. The standard InChI is InChI=1S/C25H24F2N4O2/c1-15-24(16-5-7-21(33-2)8-6-16)25-28-23(30-9-3-4-20(30)14-32)13-22(31(25)29-15)17-10-18(26)12-19(27)11-17/h5-8,10-13,20,32H,3-4,9,14H2,1-2H3. The summed E-state index contributed by atoms with van der Waals surface area (Å²) in [6, 6.07) is 12.8. The number of methoxy groups -OCH3 is 1. The SMILES string of the molecule is COc1ccc(-c2c(C)nn3c(-c4cc(F)cc(F)c4)cc(N4CCCC4CO)nc23)cc1. The van der Waals surface area contributed by atoms with Gasteiger partial charge >= 0.3 is 0 Å². The van der Waals surface area contributed by atoms with Crippen LogP contribution in [0.4, 0.5) is 14.6 Å². The molecule has 0 radical (unpaired) electrons. The first kappa shape index (κ1) is 21.3. The summed E-state index contributed by atoms with van der Waals surface area (Å²) < 4.78 is 35.1. The Morgan fingerprint density at radius 2 is 1.79 bits per heavy atom. The van der Waals surface area contributed by atoms with Crippen LogP contribution in [0, 0.1) is 18.6 Å². The van der Waals surface area contributed by atoms with E-state index in [1.807, 2.05) is 31.2 Å². The number of ether oxygens (including phenoxy) is 1. The Bertz CT molecular complexity index is 1300. The van der Waals surface area contributed by atoms with Gasteiger partial charge in [0.15, 0.2) is 5.65 Å². The van der Waals surface area contributed by atoms with Gasteiger partial charge in [0.2, 0.25) is 0 Å². The lowest BCUT2D eigenvalue weighted by molar-refractivity contribution is 0.266. The largest absolute Gasteiger partial charge is 0.497 e. The van der Waals surface area contributed by atoms with Gasteiger partial charge in [-0.05, 0) is 49.6 Å².